The summed E-state index contributed by atoms with van der Waals surface area (Å²) < 4.78 is 1.15. The van der Waals surface area contributed by atoms with Crippen LogP contribution in [0.15, 0.2) is 0 Å². The number of hydrogen-bond acceptors (Lipinski definition) is 1. The second kappa shape index (κ2) is 9.61. The first-order chi connectivity index (χ1) is 12.9. The zero-order valence-electron chi connectivity index (χ0n) is 18.7. The standard InChI is InChI=1S/C25H48NO/c1-4-5-6-7-8-9-10-11-14-26(2,3)15-12-13-25(27)23-17-21-16-22(19-23)20-24(25)18-21/h21-24,27H,4-20H2,1-3H3/q+1. The van der Waals surface area contributed by atoms with Crippen molar-refractivity contribution in [3.63, 3.8) is 0 Å². The molecular weight excluding hydrogens is 330 g/mol. The zero-order valence-corrected chi connectivity index (χ0v) is 18.7. The molecule has 4 aliphatic rings. The summed E-state index contributed by atoms with van der Waals surface area (Å²) in [6.07, 6.45) is 20.4. The lowest BCUT2D eigenvalue weighted by atomic mass is 9.49. The fourth-order valence-corrected chi connectivity index (χ4v) is 6.98. The van der Waals surface area contributed by atoms with Crippen molar-refractivity contribution in [3.05, 3.63) is 0 Å². The molecule has 1 N–H and O–H groups in total. The van der Waals surface area contributed by atoms with Crippen LogP contribution >= 0.6 is 0 Å². The van der Waals surface area contributed by atoms with E-state index in [1.165, 1.54) is 103 Å². The fourth-order valence-electron chi connectivity index (χ4n) is 6.98. The highest BCUT2D eigenvalue weighted by Crippen LogP contribution is 2.59. The SMILES string of the molecule is CCCCCCCCCC[N+](C)(C)CCCC1(O)C2CC3CC(C2)CC1C3. The van der Waals surface area contributed by atoms with Crippen LogP contribution in [0.1, 0.15) is 103 Å². The number of quaternary nitrogens is 1. The van der Waals surface area contributed by atoms with Crippen LogP contribution in [0, 0.1) is 23.7 Å². The predicted octanol–water partition coefficient (Wildman–Crippen LogP) is 6.17. The minimum absolute atomic E-state index is 0.300. The minimum Gasteiger partial charge on any atom is -0.389 e. The van der Waals surface area contributed by atoms with Gasteiger partial charge >= 0.3 is 0 Å². The molecule has 0 spiro atoms. The van der Waals surface area contributed by atoms with Gasteiger partial charge in [0.1, 0.15) is 0 Å². The summed E-state index contributed by atoms with van der Waals surface area (Å²) in [6, 6.07) is 0. The van der Waals surface area contributed by atoms with Crippen molar-refractivity contribution >= 4 is 0 Å². The summed E-state index contributed by atoms with van der Waals surface area (Å²) in [6.45, 7) is 4.84. The Hall–Kier alpha value is -0.0800. The zero-order chi connectivity index (χ0) is 19.3. The van der Waals surface area contributed by atoms with Gasteiger partial charge in [-0.25, -0.2) is 0 Å². The normalized spacial score (nSPS) is 35.1. The van der Waals surface area contributed by atoms with E-state index in [0.29, 0.717) is 11.8 Å². The Morgan fingerprint density at radius 2 is 1.19 bits per heavy atom. The van der Waals surface area contributed by atoms with Crippen LogP contribution in [0.5, 0.6) is 0 Å². The molecule has 27 heavy (non-hydrogen) atoms. The molecule has 4 fully saturated rings. The van der Waals surface area contributed by atoms with E-state index in [1.807, 2.05) is 0 Å². The summed E-state index contributed by atoms with van der Waals surface area (Å²) in [5, 5.41) is 11.5. The second-order valence-electron chi connectivity index (χ2n) is 11.3. The highest BCUT2D eigenvalue weighted by atomic mass is 16.3. The van der Waals surface area contributed by atoms with Gasteiger partial charge in [0, 0.05) is 0 Å². The van der Waals surface area contributed by atoms with Crippen molar-refractivity contribution < 1.29 is 9.59 Å². The molecule has 0 atom stereocenters. The lowest BCUT2D eigenvalue weighted by molar-refractivity contribution is -0.890. The average molecular weight is 379 g/mol. The van der Waals surface area contributed by atoms with Gasteiger partial charge in [-0.1, -0.05) is 45.4 Å². The van der Waals surface area contributed by atoms with E-state index in [1.54, 1.807) is 0 Å². The quantitative estimate of drug-likeness (QED) is 0.300. The number of nitrogens with zero attached hydrogens (tertiary/aromatic N) is 1. The third kappa shape index (κ3) is 5.72. The van der Waals surface area contributed by atoms with Crippen molar-refractivity contribution in [1.29, 1.82) is 0 Å². The van der Waals surface area contributed by atoms with Gasteiger partial charge in [0.05, 0.1) is 32.8 Å². The van der Waals surface area contributed by atoms with Crippen LogP contribution < -0.4 is 0 Å². The van der Waals surface area contributed by atoms with Crippen LogP contribution in [0.2, 0.25) is 0 Å². The number of hydrogen-bond donors (Lipinski definition) is 1. The Kier molecular flexibility index (Phi) is 7.70. The van der Waals surface area contributed by atoms with Crippen LogP contribution in [-0.2, 0) is 0 Å². The summed E-state index contributed by atoms with van der Waals surface area (Å²) in [7, 11) is 4.81. The van der Waals surface area contributed by atoms with E-state index in [0.717, 1.165) is 22.7 Å². The molecule has 0 radical (unpaired) electrons. The molecule has 158 valence electrons. The van der Waals surface area contributed by atoms with E-state index >= 15 is 0 Å². The summed E-state index contributed by atoms with van der Waals surface area (Å²) in [5.41, 5.74) is -0.300. The maximum atomic E-state index is 11.5. The maximum Gasteiger partial charge on any atom is 0.0783 e. The van der Waals surface area contributed by atoms with Gasteiger partial charge in [0.15, 0.2) is 0 Å². The van der Waals surface area contributed by atoms with Crippen molar-refractivity contribution in [2.45, 2.75) is 109 Å². The molecule has 4 bridgehead atoms. The first-order valence-electron chi connectivity index (χ1n) is 12.5. The Balaban J connectivity index is 1.30. The monoisotopic (exact) mass is 378 g/mol. The minimum atomic E-state index is -0.300. The summed E-state index contributed by atoms with van der Waals surface area (Å²) in [4.78, 5) is 0. The third-order valence-corrected chi connectivity index (χ3v) is 8.51. The molecule has 4 saturated carbocycles. The fraction of sp³-hybridized carbons (Fsp3) is 1.00. The number of unbranched alkanes of at least 4 members (excludes halogenated alkanes) is 7. The van der Waals surface area contributed by atoms with Crippen LogP contribution in [0.4, 0.5) is 0 Å². The van der Waals surface area contributed by atoms with Crippen molar-refractivity contribution in [2.24, 2.45) is 23.7 Å². The molecule has 0 heterocycles. The molecule has 0 aromatic heterocycles. The highest BCUT2D eigenvalue weighted by Gasteiger charge is 2.55. The van der Waals surface area contributed by atoms with Gasteiger partial charge < -0.3 is 9.59 Å². The predicted molar refractivity (Wildman–Crippen MR) is 116 cm³/mol. The molecule has 0 unspecified atom stereocenters. The van der Waals surface area contributed by atoms with E-state index < -0.39 is 0 Å². The molecule has 4 rings (SSSR count). The van der Waals surface area contributed by atoms with Gasteiger partial charge in [-0.3, -0.25) is 0 Å². The molecule has 2 nitrogen and oxygen atoms in total. The topological polar surface area (TPSA) is 20.2 Å². The van der Waals surface area contributed by atoms with Gasteiger partial charge in [-0.15, -0.1) is 0 Å². The summed E-state index contributed by atoms with van der Waals surface area (Å²) >= 11 is 0. The Morgan fingerprint density at radius 3 is 1.74 bits per heavy atom. The molecule has 0 amide bonds. The number of aliphatic hydroxyl groups is 1. The largest absolute Gasteiger partial charge is 0.389 e. The first kappa shape index (κ1) is 21.6. The molecule has 0 aliphatic heterocycles. The van der Waals surface area contributed by atoms with Crippen LogP contribution in [0.3, 0.4) is 0 Å². The Labute approximate surface area is 169 Å². The second-order valence-corrected chi connectivity index (χ2v) is 11.3. The van der Waals surface area contributed by atoms with Crippen LogP contribution in [-0.4, -0.2) is 42.4 Å². The highest BCUT2D eigenvalue weighted by molar-refractivity contribution is 5.06. The molecule has 0 saturated heterocycles. The van der Waals surface area contributed by atoms with E-state index in [9.17, 15) is 5.11 Å². The van der Waals surface area contributed by atoms with Crippen molar-refractivity contribution in [1.82, 2.24) is 0 Å². The van der Waals surface area contributed by atoms with Crippen molar-refractivity contribution in [3.8, 4) is 0 Å². The lowest BCUT2D eigenvalue weighted by Crippen LogP contribution is -2.57. The lowest BCUT2D eigenvalue weighted by Gasteiger charge is -2.59. The van der Waals surface area contributed by atoms with Gasteiger partial charge in [0.2, 0.25) is 0 Å². The molecule has 4 aliphatic carbocycles. The van der Waals surface area contributed by atoms with E-state index in [2.05, 4.69) is 21.0 Å². The van der Waals surface area contributed by atoms with Crippen LogP contribution in [0.25, 0.3) is 0 Å². The summed E-state index contributed by atoms with van der Waals surface area (Å²) in [5.74, 6) is 3.19. The van der Waals surface area contributed by atoms with E-state index in [-0.39, 0.29) is 5.60 Å². The smallest absolute Gasteiger partial charge is 0.0783 e. The molecular formula is C25H48NO+. The van der Waals surface area contributed by atoms with Crippen molar-refractivity contribution in [2.75, 3.05) is 27.2 Å². The molecule has 0 aromatic rings. The van der Waals surface area contributed by atoms with E-state index in [4.69, 9.17) is 0 Å². The van der Waals surface area contributed by atoms with Gasteiger partial charge in [-0.2, -0.15) is 0 Å². The third-order valence-electron chi connectivity index (χ3n) is 8.51. The van der Waals surface area contributed by atoms with Gasteiger partial charge in [-0.05, 0) is 81.5 Å². The number of rotatable bonds is 13. The first-order valence-corrected chi connectivity index (χ1v) is 12.5. The maximum absolute atomic E-state index is 11.5. The Morgan fingerprint density at radius 1 is 0.704 bits per heavy atom. The molecule has 0 aromatic carbocycles. The average Bonchev–Trinajstić information content (AvgIpc) is 2.61. The molecule has 2 heteroatoms. The van der Waals surface area contributed by atoms with Gasteiger partial charge in [0.25, 0.3) is 0 Å². The Bertz CT molecular complexity index is 416.